The topological polar surface area (TPSA) is 36.7 Å². The number of benzene rings is 1. The van der Waals surface area contributed by atoms with E-state index in [-0.39, 0.29) is 5.82 Å². The maximum Gasteiger partial charge on any atom is 0.123 e. The van der Waals surface area contributed by atoms with Gasteiger partial charge in [0.15, 0.2) is 0 Å². The monoisotopic (exact) mass is 246 g/mol. The van der Waals surface area contributed by atoms with Gasteiger partial charge < -0.3 is 0 Å². The zero-order chi connectivity index (χ0) is 12.3. The number of aryl methyl sites for hydroxylation is 2. The first-order chi connectivity index (χ1) is 8.20. The van der Waals surface area contributed by atoms with E-state index in [0.717, 1.165) is 21.1 Å². The Morgan fingerprint density at radius 1 is 1.35 bits per heavy atom. The molecule has 1 aromatic heterocycles. The highest BCUT2D eigenvalue weighted by molar-refractivity contribution is 7.12. The van der Waals surface area contributed by atoms with E-state index in [4.69, 9.17) is 5.26 Å². The molecule has 0 saturated carbocycles. The van der Waals surface area contributed by atoms with Gasteiger partial charge in [-0.15, -0.1) is 11.3 Å². The van der Waals surface area contributed by atoms with E-state index in [9.17, 15) is 4.39 Å². The normalized spacial score (nSPS) is 10.2. The molecule has 0 saturated heterocycles. The third-order valence-corrected chi connectivity index (χ3v) is 3.44. The molecular weight excluding hydrogens is 235 g/mol. The number of hydrogen-bond donors (Lipinski definition) is 0. The lowest BCUT2D eigenvalue weighted by Gasteiger charge is -1.97. The minimum absolute atomic E-state index is 0.244. The Balaban J connectivity index is 2.30. The zero-order valence-corrected chi connectivity index (χ0v) is 10.2. The van der Waals surface area contributed by atoms with E-state index < -0.39 is 0 Å². The third kappa shape index (κ3) is 2.69. The highest BCUT2D eigenvalue weighted by Crippen LogP contribution is 2.28. The van der Waals surface area contributed by atoms with Crippen LogP contribution in [-0.4, -0.2) is 4.98 Å². The molecule has 2 nitrogen and oxygen atoms in total. The SMILES string of the molecule is Cc1sc(CCC#N)nc1-c1ccc(F)cc1. The van der Waals surface area contributed by atoms with Crippen LogP contribution in [0, 0.1) is 24.1 Å². The summed E-state index contributed by atoms with van der Waals surface area (Å²) in [7, 11) is 0. The van der Waals surface area contributed by atoms with Gasteiger partial charge in [-0.1, -0.05) is 0 Å². The molecule has 0 spiro atoms. The lowest BCUT2D eigenvalue weighted by Crippen LogP contribution is -1.84. The van der Waals surface area contributed by atoms with Crippen molar-refractivity contribution in [2.24, 2.45) is 0 Å². The summed E-state index contributed by atoms with van der Waals surface area (Å²) in [6.07, 6.45) is 1.17. The summed E-state index contributed by atoms with van der Waals surface area (Å²) in [4.78, 5) is 5.59. The molecule has 0 aliphatic rings. The first kappa shape index (κ1) is 11.7. The summed E-state index contributed by atoms with van der Waals surface area (Å²) in [6, 6.07) is 8.43. The quantitative estimate of drug-likeness (QED) is 0.827. The van der Waals surface area contributed by atoms with Crippen molar-refractivity contribution < 1.29 is 4.39 Å². The van der Waals surface area contributed by atoms with Gasteiger partial charge in [0.2, 0.25) is 0 Å². The van der Waals surface area contributed by atoms with Gasteiger partial charge >= 0.3 is 0 Å². The van der Waals surface area contributed by atoms with Crippen LogP contribution in [0.2, 0.25) is 0 Å². The minimum Gasteiger partial charge on any atom is -0.241 e. The van der Waals surface area contributed by atoms with Gasteiger partial charge in [0.1, 0.15) is 5.82 Å². The predicted octanol–water partition coefficient (Wildman–Crippen LogP) is 3.71. The number of halogens is 1. The standard InChI is InChI=1S/C13H11FN2S/c1-9-13(10-4-6-11(14)7-5-10)16-12(17-9)3-2-8-15/h4-7H,2-3H2,1H3. The summed E-state index contributed by atoms with van der Waals surface area (Å²) < 4.78 is 12.8. The second kappa shape index (κ2) is 5.07. The van der Waals surface area contributed by atoms with Gasteiger partial charge in [-0.3, -0.25) is 0 Å². The Morgan fingerprint density at radius 2 is 2.06 bits per heavy atom. The van der Waals surface area contributed by atoms with Gasteiger partial charge in [-0.05, 0) is 31.2 Å². The van der Waals surface area contributed by atoms with Crippen LogP contribution < -0.4 is 0 Å². The van der Waals surface area contributed by atoms with E-state index in [1.165, 1.54) is 12.1 Å². The average molecular weight is 246 g/mol. The van der Waals surface area contributed by atoms with Crippen molar-refractivity contribution in [1.82, 2.24) is 4.98 Å². The number of hydrogen-bond acceptors (Lipinski definition) is 3. The van der Waals surface area contributed by atoms with Crippen molar-refractivity contribution in [2.45, 2.75) is 19.8 Å². The van der Waals surface area contributed by atoms with Crippen LogP contribution in [0.15, 0.2) is 24.3 Å². The van der Waals surface area contributed by atoms with Crippen molar-refractivity contribution in [2.75, 3.05) is 0 Å². The summed E-state index contributed by atoms with van der Waals surface area (Å²) in [5.41, 5.74) is 1.81. The highest BCUT2D eigenvalue weighted by atomic mass is 32.1. The fourth-order valence-corrected chi connectivity index (χ4v) is 2.55. The highest BCUT2D eigenvalue weighted by Gasteiger charge is 2.09. The lowest BCUT2D eigenvalue weighted by molar-refractivity contribution is 0.628. The van der Waals surface area contributed by atoms with E-state index in [1.54, 1.807) is 23.5 Å². The van der Waals surface area contributed by atoms with Crippen molar-refractivity contribution in [3.05, 3.63) is 40.0 Å². The molecule has 2 aromatic rings. The molecule has 0 bridgehead atoms. The van der Waals surface area contributed by atoms with Crippen LogP contribution in [0.5, 0.6) is 0 Å². The summed E-state index contributed by atoms with van der Waals surface area (Å²) in [6.45, 7) is 1.99. The van der Waals surface area contributed by atoms with Crippen molar-refractivity contribution in [1.29, 1.82) is 5.26 Å². The smallest absolute Gasteiger partial charge is 0.123 e. The van der Waals surface area contributed by atoms with Crippen LogP contribution in [0.25, 0.3) is 11.3 Å². The van der Waals surface area contributed by atoms with Gasteiger partial charge in [-0.2, -0.15) is 5.26 Å². The van der Waals surface area contributed by atoms with Crippen LogP contribution >= 0.6 is 11.3 Å². The minimum atomic E-state index is -0.244. The van der Waals surface area contributed by atoms with Crippen LogP contribution in [0.4, 0.5) is 4.39 Å². The number of nitrogens with zero attached hydrogens (tertiary/aromatic N) is 2. The molecule has 1 aromatic carbocycles. The molecule has 0 aliphatic heterocycles. The molecule has 0 fully saturated rings. The maximum absolute atomic E-state index is 12.8. The molecule has 0 radical (unpaired) electrons. The van der Waals surface area contributed by atoms with E-state index in [0.29, 0.717) is 12.8 Å². The molecule has 0 N–H and O–H groups in total. The third-order valence-electron chi connectivity index (χ3n) is 2.41. The fourth-order valence-electron chi connectivity index (χ4n) is 1.60. The Kier molecular flexibility index (Phi) is 3.50. The van der Waals surface area contributed by atoms with Gasteiger partial charge in [0, 0.05) is 23.3 Å². The summed E-state index contributed by atoms with van der Waals surface area (Å²) >= 11 is 1.60. The van der Waals surface area contributed by atoms with E-state index in [2.05, 4.69) is 11.1 Å². The molecule has 86 valence electrons. The zero-order valence-electron chi connectivity index (χ0n) is 9.40. The van der Waals surface area contributed by atoms with Crippen molar-refractivity contribution in [3.63, 3.8) is 0 Å². The van der Waals surface area contributed by atoms with Gasteiger partial charge in [-0.25, -0.2) is 9.37 Å². The first-order valence-electron chi connectivity index (χ1n) is 5.30. The number of rotatable bonds is 3. The number of thiazole rings is 1. The maximum atomic E-state index is 12.8. The van der Waals surface area contributed by atoms with Gasteiger partial charge in [0.25, 0.3) is 0 Å². The molecule has 4 heteroatoms. The number of aromatic nitrogens is 1. The second-order valence-electron chi connectivity index (χ2n) is 3.68. The predicted molar refractivity (Wildman–Crippen MR) is 66.2 cm³/mol. The Morgan fingerprint density at radius 3 is 2.71 bits per heavy atom. The largest absolute Gasteiger partial charge is 0.241 e. The molecule has 2 rings (SSSR count). The van der Waals surface area contributed by atoms with Crippen LogP contribution in [0.3, 0.4) is 0 Å². The van der Waals surface area contributed by atoms with Crippen LogP contribution in [0.1, 0.15) is 16.3 Å². The molecule has 1 heterocycles. The lowest BCUT2D eigenvalue weighted by atomic mass is 10.1. The molecule has 17 heavy (non-hydrogen) atoms. The molecule has 0 unspecified atom stereocenters. The van der Waals surface area contributed by atoms with Gasteiger partial charge in [0.05, 0.1) is 16.8 Å². The summed E-state index contributed by atoms with van der Waals surface area (Å²) in [5.74, 6) is -0.244. The Labute approximate surface area is 103 Å². The van der Waals surface area contributed by atoms with E-state index in [1.807, 2.05) is 6.92 Å². The fraction of sp³-hybridized carbons (Fsp3) is 0.231. The molecule has 0 amide bonds. The van der Waals surface area contributed by atoms with Crippen molar-refractivity contribution >= 4 is 11.3 Å². The number of nitriles is 1. The van der Waals surface area contributed by atoms with Crippen molar-refractivity contribution in [3.8, 4) is 17.3 Å². The Bertz CT molecular complexity index is 552. The molecule has 0 aliphatic carbocycles. The second-order valence-corrected chi connectivity index (χ2v) is 4.97. The Hall–Kier alpha value is -1.73. The van der Waals surface area contributed by atoms with E-state index >= 15 is 0 Å². The average Bonchev–Trinajstić information content (AvgIpc) is 2.69. The molecular formula is C13H11FN2S. The first-order valence-corrected chi connectivity index (χ1v) is 6.11. The van der Waals surface area contributed by atoms with Crippen LogP contribution in [-0.2, 0) is 6.42 Å². The molecule has 0 atom stereocenters. The summed E-state index contributed by atoms with van der Waals surface area (Å²) in [5, 5.41) is 9.50.